The third-order valence-electron chi connectivity index (χ3n) is 5.06. The number of nitrogens with one attached hydrogen (secondary N) is 2. The van der Waals surface area contributed by atoms with Gasteiger partial charge in [0.2, 0.25) is 15.9 Å². The molecule has 182 valence electrons. The van der Waals surface area contributed by atoms with Crippen LogP contribution in [0.2, 0.25) is 0 Å². The molecule has 0 radical (unpaired) electrons. The average molecular weight is 515 g/mol. The molecule has 35 heavy (non-hydrogen) atoms. The summed E-state index contributed by atoms with van der Waals surface area (Å²) in [5, 5.41) is 13.7. The molecule has 1 unspecified atom stereocenters. The van der Waals surface area contributed by atoms with Gasteiger partial charge in [-0.15, -0.1) is 11.3 Å². The summed E-state index contributed by atoms with van der Waals surface area (Å²) in [5.41, 5.74) is 1.89. The van der Waals surface area contributed by atoms with Crippen molar-refractivity contribution in [2.24, 2.45) is 0 Å². The van der Waals surface area contributed by atoms with Crippen molar-refractivity contribution in [3.63, 3.8) is 0 Å². The first kappa shape index (κ1) is 24.5. The smallest absolute Gasteiger partial charge is 0.259 e. The van der Waals surface area contributed by atoms with Crippen LogP contribution in [0.25, 0.3) is 11.3 Å². The number of rotatable bonds is 10. The normalized spacial score (nSPS) is 14.1. The molecule has 13 heteroatoms. The number of carbonyl (C=O) groups excluding carboxylic acids is 1. The molecule has 11 nitrogen and oxygen atoms in total. The minimum absolute atomic E-state index is 0.166. The number of benzene rings is 1. The number of nitriles is 1. The van der Waals surface area contributed by atoms with Crippen LogP contribution in [0.5, 0.6) is 5.88 Å². The number of nitrogens with zero attached hydrogens (tertiary/aromatic N) is 4. The van der Waals surface area contributed by atoms with Crippen molar-refractivity contribution in [2.75, 3.05) is 23.8 Å². The zero-order chi connectivity index (χ0) is 25.0. The number of carbonyl (C=O) groups is 1. The van der Waals surface area contributed by atoms with E-state index >= 15 is 0 Å². The fraction of sp³-hybridized carbons (Fsp3) is 0.318. The molecule has 2 aromatic heterocycles. The Balaban J connectivity index is 1.50. The molecule has 0 bridgehead atoms. The van der Waals surface area contributed by atoms with Gasteiger partial charge < -0.3 is 14.8 Å². The van der Waals surface area contributed by atoms with E-state index in [-0.39, 0.29) is 22.1 Å². The largest absolute Gasteiger partial charge is 0.477 e. The molecule has 1 fully saturated rings. The summed E-state index contributed by atoms with van der Waals surface area (Å²) in [6.07, 6.45) is 3.20. The summed E-state index contributed by atoms with van der Waals surface area (Å²) in [4.78, 5) is 25.6. The molecule has 1 aromatic carbocycles. The number of hydrogen-bond acceptors (Lipinski definition) is 10. The van der Waals surface area contributed by atoms with E-state index in [1.54, 1.807) is 29.8 Å². The van der Waals surface area contributed by atoms with Crippen LogP contribution in [0.1, 0.15) is 37.1 Å². The van der Waals surface area contributed by atoms with Crippen molar-refractivity contribution in [1.82, 2.24) is 15.0 Å². The summed E-state index contributed by atoms with van der Waals surface area (Å²) >= 11 is 1.06. The third-order valence-corrected chi connectivity index (χ3v) is 7.79. The SMILES string of the molecule is CCOc1cncc(-c2ccc(NC(=O)C(OC)c3csc(NS(=O)(=O)C4CC4)n3)c(C#N)c2)n1. The maximum atomic E-state index is 12.9. The van der Waals surface area contributed by atoms with Crippen molar-refractivity contribution in [3.8, 4) is 23.2 Å². The van der Waals surface area contributed by atoms with E-state index in [1.807, 2.05) is 6.92 Å². The molecule has 0 aliphatic heterocycles. The summed E-state index contributed by atoms with van der Waals surface area (Å²) in [6.45, 7) is 2.28. The van der Waals surface area contributed by atoms with Crippen LogP contribution in [-0.2, 0) is 19.6 Å². The first-order chi connectivity index (χ1) is 16.8. The van der Waals surface area contributed by atoms with E-state index < -0.39 is 27.3 Å². The van der Waals surface area contributed by atoms with Crippen molar-refractivity contribution in [1.29, 1.82) is 5.26 Å². The fourth-order valence-corrected chi connectivity index (χ4v) is 5.53. The predicted molar refractivity (Wildman–Crippen MR) is 129 cm³/mol. The van der Waals surface area contributed by atoms with Gasteiger partial charge in [-0.1, -0.05) is 6.07 Å². The number of amides is 1. The maximum absolute atomic E-state index is 12.9. The highest BCUT2D eigenvalue weighted by Crippen LogP contribution is 2.32. The maximum Gasteiger partial charge on any atom is 0.259 e. The van der Waals surface area contributed by atoms with Gasteiger partial charge in [0.1, 0.15) is 6.07 Å². The van der Waals surface area contributed by atoms with E-state index in [0.717, 1.165) is 11.3 Å². The quantitative estimate of drug-likeness (QED) is 0.415. The topological polar surface area (TPSA) is 156 Å². The van der Waals surface area contributed by atoms with Gasteiger partial charge in [0.05, 0.1) is 46.9 Å². The van der Waals surface area contributed by atoms with Gasteiger partial charge in [-0.3, -0.25) is 14.5 Å². The summed E-state index contributed by atoms with van der Waals surface area (Å²) in [6, 6.07) is 6.94. The number of methoxy groups -OCH3 is 1. The zero-order valence-corrected chi connectivity index (χ0v) is 20.5. The van der Waals surface area contributed by atoms with Crippen LogP contribution < -0.4 is 14.8 Å². The van der Waals surface area contributed by atoms with Crippen LogP contribution in [0.4, 0.5) is 10.8 Å². The number of aromatic nitrogens is 3. The summed E-state index contributed by atoms with van der Waals surface area (Å²) in [5.74, 6) is -0.192. The Morgan fingerprint density at radius 1 is 1.31 bits per heavy atom. The van der Waals surface area contributed by atoms with Gasteiger partial charge in [0, 0.05) is 18.1 Å². The van der Waals surface area contributed by atoms with E-state index in [2.05, 4.69) is 31.1 Å². The summed E-state index contributed by atoms with van der Waals surface area (Å²) < 4.78 is 37.4. The average Bonchev–Trinajstić information content (AvgIpc) is 3.62. The van der Waals surface area contributed by atoms with E-state index in [0.29, 0.717) is 36.6 Å². The van der Waals surface area contributed by atoms with Gasteiger partial charge in [0.25, 0.3) is 5.91 Å². The second-order valence-corrected chi connectivity index (χ2v) is 10.4. The second kappa shape index (κ2) is 10.3. The summed E-state index contributed by atoms with van der Waals surface area (Å²) in [7, 11) is -2.12. The van der Waals surface area contributed by atoms with E-state index in [9.17, 15) is 18.5 Å². The highest BCUT2D eigenvalue weighted by molar-refractivity contribution is 7.93. The zero-order valence-electron chi connectivity index (χ0n) is 18.9. The van der Waals surface area contributed by atoms with Crippen LogP contribution >= 0.6 is 11.3 Å². The second-order valence-electron chi connectivity index (χ2n) is 7.58. The first-order valence-electron chi connectivity index (χ1n) is 10.6. The molecular formula is C22H22N6O5S2. The third kappa shape index (κ3) is 5.73. The minimum atomic E-state index is -3.47. The van der Waals surface area contributed by atoms with Crippen molar-refractivity contribution < 1.29 is 22.7 Å². The van der Waals surface area contributed by atoms with E-state index in [4.69, 9.17) is 9.47 Å². The molecule has 0 spiro atoms. The molecule has 1 atom stereocenters. The molecule has 1 aliphatic carbocycles. The number of hydrogen-bond donors (Lipinski definition) is 2. The molecule has 1 saturated carbocycles. The van der Waals surface area contributed by atoms with Crippen LogP contribution in [0.3, 0.4) is 0 Å². The number of ether oxygens (including phenoxy) is 2. The number of anilines is 2. The van der Waals surface area contributed by atoms with Crippen molar-refractivity contribution >= 4 is 38.1 Å². The Hall–Kier alpha value is -3.60. The van der Waals surface area contributed by atoms with Crippen molar-refractivity contribution in [3.05, 3.63) is 47.2 Å². The van der Waals surface area contributed by atoms with E-state index in [1.165, 1.54) is 13.3 Å². The monoisotopic (exact) mass is 514 g/mol. The molecule has 1 amide bonds. The Morgan fingerprint density at radius 2 is 2.11 bits per heavy atom. The molecule has 4 rings (SSSR count). The van der Waals surface area contributed by atoms with Crippen molar-refractivity contribution in [2.45, 2.75) is 31.1 Å². The van der Waals surface area contributed by atoms with Gasteiger partial charge in [-0.05, 0) is 31.9 Å². The number of thiazole rings is 1. The van der Waals surface area contributed by atoms with Gasteiger partial charge in [-0.2, -0.15) is 5.26 Å². The Morgan fingerprint density at radius 3 is 2.80 bits per heavy atom. The molecular weight excluding hydrogens is 492 g/mol. The number of sulfonamides is 1. The molecule has 0 saturated heterocycles. The Bertz CT molecular complexity index is 1380. The lowest BCUT2D eigenvalue weighted by atomic mass is 10.1. The predicted octanol–water partition coefficient (Wildman–Crippen LogP) is 3.10. The lowest BCUT2D eigenvalue weighted by Gasteiger charge is -2.14. The van der Waals surface area contributed by atoms with Crippen LogP contribution in [0, 0.1) is 11.3 Å². The molecule has 3 aromatic rings. The van der Waals surface area contributed by atoms with Gasteiger partial charge in [-0.25, -0.2) is 18.4 Å². The Kier molecular flexibility index (Phi) is 7.25. The van der Waals surface area contributed by atoms with Gasteiger partial charge in [0.15, 0.2) is 11.2 Å². The fourth-order valence-electron chi connectivity index (χ4n) is 3.21. The minimum Gasteiger partial charge on any atom is -0.477 e. The molecule has 2 N–H and O–H groups in total. The molecule has 1 aliphatic rings. The lowest BCUT2D eigenvalue weighted by Crippen LogP contribution is -2.23. The molecule has 2 heterocycles. The van der Waals surface area contributed by atoms with Crippen LogP contribution in [-0.4, -0.2) is 48.2 Å². The Labute approximate surface area is 206 Å². The van der Waals surface area contributed by atoms with Crippen LogP contribution in [0.15, 0.2) is 36.0 Å². The highest BCUT2D eigenvalue weighted by atomic mass is 32.2. The standard InChI is InChI=1S/C22H22N6O5S2/c1-3-33-19-11-24-10-17(25-19)13-4-7-16(14(8-13)9-23)26-21(29)20(32-2)18-12-34-22(27-18)28-35(30,31)15-5-6-15/h4,7-8,10-12,15,20H,3,5-6H2,1-2H3,(H,26,29)(H,27,28). The first-order valence-corrected chi connectivity index (χ1v) is 13.1. The van der Waals surface area contributed by atoms with Gasteiger partial charge >= 0.3 is 0 Å². The highest BCUT2D eigenvalue weighted by Gasteiger charge is 2.36. The lowest BCUT2D eigenvalue weighted by molar-refractivity contribution is -0.126.